The third-order valence-electron chi connectivity index (χ3n) is 3.32. The van der Waals surface area contributed by atoms with Crippen LogP contribution in [0, 0.1) is 11.3 Å². The van der Waals surface area contributed by atoms with E-state index in [4.69, 9.17) is 0 Å². The summed E-state index contributed by atoms with van der Waals surface area (Å²) in [6, 6.07) is 14.0. The minimum Gasteiger partial charge on any atom is -0.316 e. The van der Waals surface area contributed by atoms with E-state index in [2.05, 4.69) is 21.4 Å². The largest absolute Gasteiger partial charge is 0.316 e. The van der Waals surface area contributed by atoms with Crippen LogP contribution in [-0.4, -0.2) is 17.0 Å². The first-order chi connectivity index (χ1) is 10.3. The lowest BCUT2D eigenvalue weighted by Crippen LogP contribution is -2.05. The Morgan fingerprint density at radius 1 is 1.19 bits per heavy atom. The van der Waals surface area contributed by atoms with Gasteiger partial charge < -0.3 is 5.32 Å². The molecule has 0 unspecified atom stereocenters. The van der Waals surface area contributed by atoms with Gasteiger partial charge in [0.2, 0.25) is 0 Å². The van der Waals surface area contributed by atoms with Gasteiger partial charge in [0, 0.05) is 35.5 Å². The Morgan fingerprint density at radius 3 is 2.86 bits per heavy atom. The fourth-order valence-corrected chi connectivity index (χ4v) is 2.36. The second-order valence-electron chi connectivity index (χ2n) is 4.80. The lowest BCUT2D eigenvalue weighted by molar-refractivity contribution is 0.813. The number of aromatic nitrogens is 2. The van der Waals surface area contributed by atoms with Gasteiger partial charge >= 0.3 is 0 Å². The van der Waals surface area contributed by atoms with Gasteiger partial charge in [0.05, 0.1) is 5.52 Å². The number of nitrogens with zero attached hydrogens (tertiary/aromatic N) is 3. The van der Waals surface area contributed by atoms with E-state index in [1.807, 2.05) is 49.6 Å². The van der Waals surface area contributed by atoms with Crippen LogP contribution in [0.2, 0.25) is 0 Å². The van der Waals surface area contributed by atoms with Crippen molar-refractivity contribution < 1.29 is 0 Å². The van der Waals surface area contributed by atoms with Crippen molar-refractivity contribution in [1.82, 2.24) is 15.3 Å². The Bertz CT molecular complexity index is 834. The zero-order valence-electron chi connectivity index (χ0n) is 11.7. The van der Waals surface area contributed by atoms with E-state index >= 15 is 0 Å². The van der Waals surface area contributed by atoms with Crippen LogP contribution in [0.25, 0.3) is 22.0 Å². The topological polar surface area (TPSA) is 61.6 Å². The van der Waals surface area contributed by atoms with E-state index in [9.17, 15) is 5.26 Å². The molecular weight excluding hydrogens is 260 g/mol. The maximum Gasteiger partial charge on any atom is 0.149 e. The van der Waals surface area contributed by atoms with Crippen molar-refractivity contribution in [1.29, 1.82) is 5.26 Å². The summed E-state index contributed by atoms with van der Waals surface area (Å²) in [6.45, 7) is 0.740. The number of pyridine rings is 2. The van der Waals surface area contributed by atoms with Gasteiger partial charge in [0.1, 0.15) is 11.8 Å². The van der Waals surface area contributed by atoms with Crippen molar-refractivity contribution in [2.24, 2.45) is 0 Å². The lowest BCUT2D eigenvalue weighted by atomic mass is 10.0. The Kier molecular flexibility index (Phi) is 3.59. The van der Waals surface area contributed by atoms with Crippen LogP contribution >= 0.6 is 0 Å². The number of benzene rings is 1. The molecule has 0 aliphatic rings. The monoisotopic (exact) mass is 274 g/mol. The molecule has 2 heterocycles. The molecule has 21 heavy (non-hydrogen) atoms. The van der Waals surface area contributed by atoms with Crippen molar-refractivity contribution in [2.45, 2.75) is 6.54 Å². The van der Waals surface area contributed by atoms with Gasteiger partial charge in [-0.2, -0.15) is 5.26 Å². The molecule has 0 saturated heterocycles. The molecule has 0 aliphatic heterocycles. The molecule has 0 saturated carbocycles. The molecule has 0 amide bonds. The highest BCUT2D eigenvalue weighted by atomic mass is 14.8. The minimum absolute atomic E-state index is 0.428. The first-order valence-corrected chi connectivity index (χ1v) is 6.70. The predicted octanol–water partition coefficient (Wildman–Crippen LogP) is 2.89. The molecule has 3 rings (SSSR count). The van der Waals surface area contributed by atoms with E-state index < -0.39 is 0 Å². The first-order valence-electron chi connectivity index (χ1n) is 6.70. The Labute approximate surface area is 123 Å². The quantitative estimate of drug-likeness (QED) is 0.797. The first kappa shape index (κ1) is 13.2. The highest BCUT2D eigenvalue weighted by Gasteiger charge is 2.09. The number of rotatable bonds is 3. The molecule has 4 nitrogen and oxygen atoms in total. The third kappa shape index (κ3) is 2.60. The van der Waals surface area contributed by atoms with Gasteiger partial charge in [-0.25, -0.2) is 4.98 Å². The molecule has 4 heteroatoms. The van der Waals surface area contributed by atoms with Gasteiger partial charge in [-0.15, -0.1) is 0 Å². The normalized spacial score (nSPS) is 10.5. The summed E-state index contributed by atoms with van der Waals surface area (Å²) in [5.41, 5.74) is 4.07. The van der Waals surface area contributed by atoms with E-state index in [1.54, 1.807) is 6.20 Å². The zero-order chi connectivity index (χ0) is 14.7. The fraction of sp³-hybridized carbons (Fsp3) is 0.118. The van der Waals surface area contributed by atoms with E-state index in [0.29, 0.717) is 5.69 Å². The van der Waals surface area contributed by atoms with Crippen LogP contribution in [0.15, 0.2) is 48.8 Å². The van der Waals surface area contributed by atoms with Crippen molar-refractivity contribution in [3.05, 3.63) is 60.0 Å². The minimum atomic E-state index is 0.428. The SMILES string of the molecule is CNCc1cncc(-c2cc3ccccc3nc2C#N)c1. The molecule has 102 valence electrons. The summed E-state index contributed by atoms with van der Waals surface area (Å²) < 4.78 is 0. The molecule has 2 aromatic heterocycles. The van der Waals surface area contributed by atoms with Crippen molar-refractivity contribution >= 4 is 10.9 Å². The molecule has 0 fully saturated rings. The highest BCUT2D eigenvalue weighted by Crippen LogP contribution is 2.26. The van der Waals surface area contributed by atoms with Gasteiger partial charge in [-0.1, -0.05) is 18.2 Å². The number of hydrogen-bond acceptors (Lipinski definition) is 4. The smallest absolute Gasteiger partial charge is 0.149 e. The van der Waals surface area contributed by atoms with Gasteiger partial charge in [-0.05, 0) is 30.8 Å². The van der Waals surface area contributed by atoms with Gasteiger partial charge in [-0.3, -0.25) is 4.98 Å². The Hall–Kier alpha value is -2.77. The average molecular weight is 274 g/mol. The van der Waals surface area contributed by atoms with Crippen molar-refractivity contribution in [3.8, 4) is 17.2 Å². The highest BCUT2D eigenvalue weighted by molar-refractivity contribution is 5.85. The van der Waals surface area contributed by atoms with Crippen LogP contribution in [0.1, 0.15) is 11.3 Å². The molecular formula is C17H14N4. The van der Waals surface area contributed by atoms with E-state index in [0.717, 1.165) is 34.1 Å². The molecule has 1 N–H and O–H groups in total. The third-order valence-corrected chi connectivity index (χ3v) is 3.32. The standard InChI is InChI=1S/C17H14N4/c1-19-9-12-6-14(11-20-10-12)15-7-13-4-2-3-5-16(13)21-17(15)8-18/h2-7,10-11,19H,9H2,1H3. The fourth-order valence-electron chi connectivity index (χ4n) is 2.36. The van der Waals surface area contributed by atoms with Gasteiger partial charge in [0.15, 0.2) is 0 Å². The summed E-state index contributed by atoms with van der Waals surface area (Å²) in [4.78, 5) is 8.70. The average Bonchev–Trinajstić information content (AvgIpc) is 2.54. The van der Waals surface area contributed by atoms with Crippen LogP contribution < -0.4 is 5.32 Å². The zero-order valence-corrected chi connectivity index (χ0v) is 11.7. The molecule has 0 atom stereocenters. The second-order valence-corrected chi connectivity index (χ2v) is 4.80. The van der Waals surface area contributed by atoms with Crippen molar-refractivity contribution in [2.75, 3.05) is 7.05 Å². The molecule has 0 radical (unpaired) electrons. The Balaban J connectivity index is 2.19. The van der Waals surface area contributed by atoms with Crippen molar-refractivity contribution in [3.63, 3.8) is 0 Å². The van der Waals surface area contributed by atoms with Crippen LogP contribution in [-0.2, 0) is 6.54 Å². The molecule has 0 aliphatic carbocycles. The number of fused-ring (bicyclic) bond motifs is 1. The van der Waals surface area contributed by atoms with Crippen LogP contribution in [0.4, 0.5) is 0 Å². The molecule has 0 spiro atoms. The number of nitriles is 1. The van der Waals surface area contributed by atoms with E-state index in [1.165, 1.54) is 0 Å². The molecule has 3 aromatic rings. The summed E-state index contributed by atoms with van der Waals surface area (Å²) in [5, 5.41) is 13.5. The number of para-hydroxylation sites is 1. The predicted molar refractivity (Wildman–Crippen MR) is 82.5 cm³/mol. The lowest BCUT2D eigenvalue weighted by Gasteiger charge is -2.07. The maximum absolute atomic E-state index is 9.37. The number of nitrogens with one attached hydrogen (secondary N) is 1. The molecule has 0 bridgehead atoms. The summed E-state index contributed by atoms with van der Waals surface area (Å²) >= 11 is 0. The van der Waals surface area contributed by atoms with E-state index in [-0.39, 0.29) is 0 Å². The second kappa shape index (κ2) is 5.70. The maximum atomic E-state index is 9.37. The van der Waals surface area contributed by atoms with Gasteiger partial charge in [0.25, 0.3) is 0 Å². The van der Waals surface area contributed by atoms with Crippen LogP contribution in [0.3, 0.4) is 0 Å². The summed E-state index contributed by atoms with van der Waals surface area (Å²) in [6.07, 6.45) is 3.59. The van der Waals surface area contributed by atoms with Crippen LogP contribution in [0.5, 0.6) is 0 Å². The molecule has 1 aromatic carbocycles. The summed E-state index contributed by atoms with van der Waals surface area (Å²) in [5.74, 6) is 0. The number of hydrogen-bond donors (Lipinski definition) is 1. The Morgan fingerprint density at radius 2 is 2.05 bits per heavy atom. The summed E-state index contributed by atoms with van der Waals surface area (Å²) in [7, 11) is 1.89.